The van der Waals surface area contributed by atoms with E-state index in [0.717, 1.165) is 0 Å². The second-order valence-corrected chi connectivity index (χ2v) is 10.7. The Morgan fingerprint density at radius 3 is 2.29 bits per heavy atom. The van der Waals surface area contributed by atoms with Crippen molar-refractivity contribution >= 4 is 10.4 Å². The molecule has 0 aromatic rings. The van der Waals surface area contributed by atoms with Crippen molar-refractivity contribution in [1.29, 1.82) is 0 Å². The molecule has 2 fully saturated rings. The van der Waals surface area contributed by atoms with Crippen LogP contribution in [0.1, 0.15) is 26.7 Å². The summed E-state index contributed by atoms with van der Waals surface area (Å²) < 4.78 is 55.1. The van der Waals surface area contributed by atoms with Crippen LogP contribution in [0.5, 0.6) is 0 Å². The van der Waals surface area contributed by atoms with Gasteiger partial charge in [0.05, 0.1) is 25.2 Å². The van der Waals surface area contributed by atoms with Crippen LogP contribution in [0, 0.1) is 0 Å². The zero-order chi connectivity index (χ0) is 28.8. The molecule has 2 aliphatic heterocycles. The summed E-state index contributed by atoms with van der Waals surface area (Å²) in [6.45, 7) is 4.30. The van der Waals surface area contributed by atoms with Crippen LogP contribution >= 0.6 is 0 Å². The first-order chi connectivity index (χ1) is 17.6. The molecule has 11 atom stereocenters. The molecule has 13 N–H and O–H groups in total. The SMILES string of the molecule is CCN[C@@H]1C[C@H](N)[C@@H](O[C@H]2OC(CN)=CC[C@H]2N)[C@H](O)[C@H]1OC1OC[C@](C)(O)[C@H](NC)[C@H]1O.O=S(=O)(O)O. The van der Waals surface area contributed by atoms with Crippen LogP contribution in [0.25, 0.3) is 0 Å². The van der Waals surface area contributed by atoms with Crippen molar-refractivity contribution in [3.8, 4) is 0 Å². The quantitative estimate of drug-likeness (QED) is 0.124. The molecule has 38 heavy (non-hydrogen) atoms. The number of rotatable bonds is 8. The highest BCUT2D eigenvalue weighted by Gasteiger charge is 2.51. The number of nitrogens with one attached hydrogen (secondary N) is 2. The molecular weight excluding hydrogens is 530 g/mol. The molecule has 1 saturated carbocycles. The Hall–Kier alpha value is -1.03. The molecule has 1 aliphatic carbocycles. The van der Waals surface area contributed by atoms with Crippen LogP contribution in [-0.2, 0) is 29.3 Å². The molecule has 1 saturated heterocycles. The predicted octanol–water partition coefficient (Wildman–Crippen LogP) is -3.85. The summed E-state index contributed by atoms with van der Waals surface area (Å²) in [6.07, 6.45) is -3.05. The second-order valence-electron chi connectivity index (χ2n) is 9.76. The molecular formula is C21H43N5O11S. The van der Waals surface area contributed by atoms with Crippen LogP contribution in [0.3, 0.4) is 0 Å². The van der Waals surface area contributed by atoms with Gasteiger partial charge < -0.3 is 62.1 Å². The monoisotopic (exact) mass is 573 g/mol. The predicted molar refractivity (Wildman–Crippen MR) is 134 cm³/mol. The van der Waals surface area contributed by atoms with Crippen LogP contribution < -0.4 is 27.8 Å². The lowest BCUT2D eigenvalue weighted by atomic mass is 9.83. The largest absolute Gasteiger partial charge is 0.467 e. The minimum Gasteiger partial charge on any atom is -0.467 e. The average molecular weight is 574 g/mol. The van der Waals surface area contributed by atoms with Crippen molar-refractivity contribution in [2.75, 3.05) is 26.7 Å². The van der Waals surface area contributed by atoms with E-state index >= 15 is 0 Å². The number of likely N-dealkylation sites (N-methyl/N-ethyl adjacent to an activating group) is 2. The Morgan fingerprint density at radius 1 is 1.13 bits per heavy atom. The lowest BCUT2D eigenvalue weighted by Gasteiger charge is -2.49. The molecule has 0 aromatic carbocycles. The zero-order valence-electron chi connectivity index (χ0n) is 21.7. The molecule has 0 amide bonds. The number of ether oxygens (including phenoxy) is 4. The summed E-state index contributed by atoms with van der Waals surface area (Å²) in [5.41, 5.74) is 16.9. The summed E-state index contributed by atoms with van der Waals surface area (Å²) >= 11 is 0. The number of aliphatic hydroxyl groups is 3. The normalized spacial score (nSPS) is 41.9. The molecule has 3 rings (SSSR count). The fourth-order valence-corrected chi connectivity index (χ4v) is 4.86. The van der Waals surface area contributed by atoms with Crippen LogP contribution in [-0.4, -0.2) is 126 Å². The smallest absolute Gasteiger partial charge is 0.394 e. The molecule has 0 radical (unpaired) electrons. The van der Waals surface area contributed by atoms with Gasteiger partial charge in [0.15, 0.2) is 6.29 Å². The van der Waals surface area contributed by atoms with Gasteiger partial charge in [-0.1, -0.05) is 6.92 Å². The standard InChI is InChI=1S/C21H41N5O7.H2O4S/c1-4-26-13-7-12(24)16(32-19-11(23)6-5-10(8-22)31-19)14(27)17(13)33-20-15(28)18(25-3)21(2,29)9-30-20;1-5(2,3)4/h5,11-20,25-29H,4,6-9,22-24H2,1-3H3;(H2,1,2,3,4)/t11-,12+,13-,14+,15-,16-,17+,18-,19-,20?,21+;/m1./s1. The molecule has 1 unspecified atom stereocenters. The maximum Gasteiger partial charge on any atom is 0.394 e. The van der Waals surface area contributed by atoms with Gasteiger partial charge in [0.1, 0.15) is 35.8 Å². The Bertz CT molecular complexity index is 872. The third-order valence-corrected chi connectivity index (χ3v) is 6.64. The van der Waals surface area contributed by atoms with Crippen molar-refractivity contribution < 1.29 is 51.8 Å². The first-order valence-electron chi connectivity index (χ1n) is 12.3. The van der Waals surface area contributed by atoms with E-state index in [2.05, 4.69) is 10.6 Å². The van der Waals surface area contributed by atoms with E-state index < -0.39 is 71.1 Å². The highest BCUT2D eigenvalue weighted by molar-refractivity contribution is 7.79. The topological polar surface area (TPSA) is 274 Å². The Kier molecular flexibility index (Phi) is 12.3. The van der Waals surface area contributed by atoms with E-state index in [9.17, 15) is 15.3 Å². The van der Waals surface area contributed by atoms with E-state index in [1.807, 2.05) is 13.0 Å². The minimum atomic E-state index is -4.67. The second kappa shape index (κ2) is 14.0. The molecule has 0 aromatic heterocycles. The highest BCUT2D eigenvalue weighted by Crippen LogP contribution is 2.31. The van der Waals surface area contributed by atoms with Crippen LogP contribution in [0.15, 0.2) is 11.8 Å². The number of nitrogens with two attached hydrogens (primary N) is 3. The van der Waals surface area contributed by atoms with Gasteiger partial charge in [0.25, 0.3) is 0 Å². The van der Waals surface area contributed by atoms with Crippen molar-refractivity contribution in [3.05, 3.63) is 11.8 Å². The van der Waals surface area contributed by atoms with E-state index in [1.165, 1.54) is 0 Å². The average Bonchev–Trinajstić information content (AvgIpc) is 2.80. The molecule has 0 bridgehead atoms. The van der Waals surface area contributed by atoms with Gasteiger partial charge in [-0.25, -0.2) is 0 Å². The first kappa shape index (κ1) is 33.2. The van der Waals surface area contributed by atoms with Gasteiger partial charge in [0.2, 0.25) is 6.29 Å². The maximum atomic E-state index is 11.3. The number of hydrogen-bond acceptors (Lipinski definition) is 14. The van der Waals surface area contributed by atoms with Crippen molar-refractivity contribution in [2.24, 2.45) is 17.2 Å². The number of hydrogen-bond donors (Lipinski definition) is 10. The minimum absolute atomic E-state index is 0.0483. The summed E-state index contributed by atoms with van der Waals surface area (Å²) in [6, 6.07) is -1.95. The molecule has 2 heterocycles. The Morgan fingerprint density at radius 2 is 1.74 bits per heavy atom. The molecule has 224 valence electrons. The van der Waals surface area contributed by atoms with Gasteiger partial charge >= 0.3 is 10.4 Å². The van der Waals surface area contributed by atoms with E-state index in [0.29, 0.717) is 25.1 Å². The summed E-state index contributed by atoms with van der Waals surface area (Å²) in [4.78, 5) is 0. The molecule has 0 spiro atoms. The lowest BCUT2D eigenvalue weighted by Crippen LogP contribution is -2.69. The van der Waals surface area contributed by atoms with Gasteiger partial charge in [-0.15, -0.1) is 0 Å². The van der Waals surface area contributed by atoms with E-state index in [1.54, 1.807) is 14.0 Å². The van der Waals surface area contributed by atoms with E-state index in [-0.39, 0.29) is 19.2 Å². The summed E-state index contributed by atoms with van der Waals surface area (Å²) in [5, 5.41) is 38.8. The molecule has 3 aliphatic rings. The highest BCUT2D eigenvalue weighted by atomic mass is 32.3. The van der Waals surface area contributed by atoms with Crippen molar-refractivity contribution in [1.82, 2.24) is 10.6 Å². The van der Waals surface area contributed by atoms with Crippen LogP contribution in [0.4, 0.5) is 0 Å². The van der Waals surface area contributed by atoms with Gasteiger partial charge in [0, 0.05) is 12.1 Å². The van der Waals surface area contributed by atoms with Gasteiger partial charge in [-0.3, -0.25) is 9.11 Å². The van der Waals surface area contributed by atoms with Crippen molar-refractivity contribution in [2.45, 2.75) is 93.5 Å². The third-order valence-electron chi connectivity index (χ3n) is 6.64. The molecule has 17 heteroatoms. The summed E-state index contributed by atoms with van der Waals surface area (Å²) in [5.74, 6) is 0.572. The lowest BCUT2D eigenvalue weighted by molar-refractivity contribution is -0.304. The Balaban J connectivity index is 0.000000926. The third kappa shape index (κ3) is 9.00. The van der Waals surface area contributed by atoms with Crippen LogP contribution in [0.2, 0.25) is 0 Å². The van der Waals surface area contributed by atoms with Gasteiger partial charge in [-0.05, 0) is 39.4 Å². The first-order valence-corrected chi connectivity index (χ1v) is 13.7. The van der Waals surface area contributed by atoms with Gasteiger partial charge in [-0.2, -0.15) is 8.42 Å². The fraction of sp³-hybridized carbons (Fsp3) is 0.905. The van der Waals surface area contributed by atoms with E-state index in [4.69, 9.17) is 53.7 Å². The zero-order valence-corrected chi connectivity index (χ0v) is 22.5. The number of aliphatic hydroxyl groups excluding tert-OH is 2. The summed E-state index contributed by atoms with van der Waals surface area (Å²) in [7, 11) is -3.03. The maximum absolute atomic E-state index is 11.3. The molecule has 16 nitrogen and oxygen atoms in total. The van der Waals surface area contributed by atoms with Crippen molar-refractivity contribution in [3.63, 3.8) is 0 Å². The Labute approximate surface area is 222 Å². The fourth-order valence-electron chi connectivity index (χ4n) is 4.86.